The summed E-state index contributed by atoms with van der Waals surface area (Å²) in [7, 11) is -1.20. The van der Waals surface area contributed by atoms with E-state index in [1.54, 1.807) is 33.8 Å². The van der Waals surface area contributed by atoms with Crippen LogP contribution in [0.3, 0.4) is 0 Å². The average molecular weight is 323 g/mol. The fourth-order valence-electron chi connectivity index (χ4n) is 1.84. The van der Waals surface area contributed by atoms with Crippen LogP contribution in [0.15, 0.2) is 41.9 Å². The maximum Gasteiger partial charge on any atom is 0.221 e. The van der Waals surface area contributed by atoms with Crippen molar-refractivity contribution in [3.63, 3.8) is 0 Å². The molecule has 0 spiro atoms. The number of rotatable bonds is 4. The summed E-state index contributed by atoms with van der Waals surface area (Å²) in [6.45, 7) is 0.412. The van der Waals surface area contributed by atoms with Gasteiger partial charge in [0.05, 0.1) is 29.2 Å². The molecule has 9 heteroatoms. The zero-order chi connectivity index (χ0) is 14.8. The molecule has 0 aliphatic heterocycles. The van der Waals surface area contributed by atoms with E-state index in [-0.39, 0.29) is 0 Å². The van der Waals surface area contributed by atoms with E-state index < -0.39 is 10.8 Å². The summed E-state index contributed by atoms with van der Waals surface area (Å²) in [5.74, 6) is 0. The second-order valence-electron chi connectivity index (χ2n) is 4.33. The van der Waals surface area contributed by atoms with Gasteiger partial charge in [0.15, 0.2) is 0 Å². The Morgan fingerprint density at radius 1 is 1.24 bits per heavy atom. The van der Waals surface area contributed by atoms with Gasteiger partial charge in [-0.25, -0.2) is 4.68 Å². The molecule has 3 aromatic rings. The highest BCUT2D eigenvalue weighted by Crippen LogP contribution is 2.13. The van der Waals surface area contributed by atoms with Crippen molar-refractivity contribution in [3.05, 3.63) is 47.5 Å². The Morgan fingerprint density at radius 3 is 2.71 bits per heavy atom. The lowest BCUT2D eigenvalue weighted by Gasteiger charge is -2.01. The van der Waals surface area contributed by atoms with E-state index in [4.69, 9.17) is 11.6 Å². The predicted octanol–water partition coefficient (Wildman–Crippen LogP) is 1.30. The zero-order valence-electron chi connectivity index (χ0n) is 11.0. The molecule has 0 saturated heterocycles. The van der Waals surface area contributed by atoms with E-state index in [2.05, 4.69) is 20.5 Å². The number of hydrogen-bond donors (Lipinski definition) is 0. The molecular weight excluding hydrogens is 312 g/mol. The lowest BCUT2D eigenvalue weighted by atomic mass is 10.3. The molecule has 0 amide bonds. The van der Waals surface area contributed by atoms with E-state index >= 15 is 0 Å². The number of hydrogen-bond acceptors (Lipinski definition) is 5. The minimum atomic E-state index is -1.20. The first-order valence-electron chi connectivity index (χ1n) is 6.02. The third kappa shape index (κ3) is 3.01. The number of nitrogens with zero attached hydrogens (tertiary/aromatic N) is 6. The van der Waals surface area contributed by atoms with Crippen molar-refractivity contribution in [1.29, 1.82) is 0 Å². The predicted molar refractivity (Wildman–Crippen MR) is 77.8 cm³/mol. The molecule has 7 nitrogen and oxygen atoms in total. The van der Waals surface area contributed by atoms with Crippen LogP contribution in [0.4, 0.5) is 0 Å². The molecule has 2 heterocycles. The fourth-order valence-corrected chi connectivity index (χ4v) is 2.57. The summed E-state index contributed by atoms with van der Waals surface area (Å²) >= 11 is 5.85. The lowest BCUT2D eigenvalue weighted by Crippen LogP contribution is -2.05. The summed E-state index contributed by atoms with van der Waals surface area (Å²) in [6, 6.07) is 7.28. The number of aromatic nitrogens is 6. The normalized spacial score (nSPS) is 12.5. The minimum Gasteiger partial charge on any atom is -0.300 e. The van der Waals surface area contributed by atoms with Gasteiger partial charge in [-0.05, 0) is 24.3 Å². The first-order chi connectivity index (χ1) is 10.1. The van der Waals surface area contributed by atoms with Gasteiger partial charge in [0, 0.05) is 11.3 Å². The summed E-state index contributed by atoms with van der Waals surface area (Å²) < 4.78 is 14.8. The van der Waals surface area contributed by atoms with Crippen molar-refractivity contribution in [2.45, 2.75) is 11.7 Å². The van der Waals surface area contributed by atoms with Crippen LogP contribution in [0.2, 0.25) is 5.02 Å². The number of benzene rings is 1. The second-order valence-corrected chi connectivity index (χ2v) is 6.04. The first-order valence-corrected chi connectivity index (χ1v) is 7.95. The van der Waals surface area contributed by atoms with E-state index in [1.165, 1.54) is 6.33 Å². The second kappa shape index (κ2) is 5.74. The van der Waals surface area contributed by atoms with Gasteiger partial charge in [-0.15, -0.1) is 15.3 Å². The molecule has 0 aliphatic rings. The lowest BCUT2D eigenvalue weighted by molar-refractivity contribution is 0.647. The van der Waals surface area contributed by atoms with Crippen molar-refractivity contribution in [2.24, 2.45) is 0 Å². The highest BCUT2D eigenvalue weighted by Gasteiger charge is 2.10. The fraction of sp³-hybridized carbons (Fsp3) is 0.167. The van der Waals surface area contributed by atoms with Crippen molar-refractivity contribution >= 4 is 22.4 Å². The molecule has 2 aromatic heterocycles. The number of halogens is 1. The summed E-state index contributed by atoms with van der Waals surface area (Å²) in [5.41, 5.74) is 1.58. The molecule has 21 heavy (non-hydrogen) atoms. The van der Waals surface area contributed by atoms with Crippen LogP contribution < -0.4 is 0 Å². The van der Waals surface area contributed by atoms with Gasteiger partial charge in [-0.3, -0.25) is 4.21 Å². The van der Waals surface area contributed by atoms with Crippen LogP contribution in [-0.2, 0) is 17.3 Å². The molecular formula is C12H11ClN6OS. The van der Waals surface area contributed by atoms with Gasteiger partial charge in [0.25, 0.3) is 0 Å². The van der Waals surface area contributed by atoms with E-state index in [0.717, 1.165) is 11.4 Å². The Hall–Kier alpha value is -2.06. The Kier molecular flexibility index (Phi) is 3.80. The third-order valence-electron chi connectivity index (χ3n) is 2.80. The van der Waals surface area contributed by atoms with E-state index in [9.17, 15) is 4.21 Å². The molecule has 3 rings (SSSR count). The largest absolute Gasteiger partial charge is 0.300 e. The van der Waals surface area contributed by atoms with Gasteiger partial charge in [-0.1, -0.05) is 16.8 Å². The van der Waals surface area contributed by atoms with Crippen molar-refractivity contribution in [1.82, 2.24) is 29.8 Å². The third-order valence-corrected chi connectivity index (χ3v) is 3.88. The van der Waals surface area contributed by atoms with Crippen LogP contribution >= 0.6 is 11.6 Å². The molecule has 0 radical (unpaired) electrons. The minimum absolute atomic E-state index is 0.412. The van der Waals surface area contributed by atoms with Gasteiger partial charge >= 0.3 is 0 Å². The summed E-state index contributed by atoms with van der Waals surface area (Å²) in [6.07, 6.45) is 4.88. The zero-order valence-corrected chi connectivity index (χ0v) is 12.6. The van der Waals surface area contributed by atoms with Crippen LogP contribution in [0, 0.1) is 0 Å². The smallest absolute Gasteiger partial charge is 0.221 e. The molecule has 0 N–H and O–H groups in total. The van der Waals surface area contributed by atoms with Crippen molar-refractivity contribution < 1.29 is 4.21 Å². The molecule has 0 fully saturated rings. The van der Waals surface area contributed by atoms with Gasteiger partial charge < -0.3 is 4.57 Å². The quantitative estimate of drug-likeness (QED) is 0.723. The van der Waals surface area contributed by atoms with Crippen LogP contribution in [0.25, 0.3) is 5.69 Å². The monoisotopic (exact) mass is 322 g/mol. The van der Waals surface area contributed by atoms with Gasteiger partial charge in [-0.2, -0.15) is 0 Å². The standard InChI is InChI=1S/C12H11ClN6OS/c1-21(20)12-16-14-8-18(12)6-10-7-19(17-15-10)11-4-2-9(13)3-5-11/h2-5,7-8H,6H2,1H3/t21-/m0/s1. The van der Waals surface area contributed by atoms with Crippen molar-refractivity contribution in [3.8, 4) is 5.69 Å². The maximum absolute atomic E-state index is 11.5. The maximum atomic E-state index is 11.5. The highest BCUT2D eigenvalue weighted by molar-refractivity contribution is 7.84. The molecule has 0 aliphatic carbocycles. The summed E-state index contributed by atoms with van der Waals surface area (Å²) in [5, 5.41) is 16.8. The first kappa shape index (κ1) is 13.9. The van der Waals surface area contributed by atoms with Gasteiger partial charge in [0.1, 0.15) is 12.0 Å². The van der Waals surface area contributed by atoms with Crippen LogP contribution in [0.5, 0.6) is 0 Å². The highest BCUT2D eigenvalue weighted by atomic mass is 35.5. The topological polar surface area (TPSA) is 78.5 Å². The Labute approximate surface area is 128 Å². The van der Waals surface area contributed by atoms with Crippen molar-refractivity contribution in [2.75, 3.05) is 6.26 Å². The van der Waals surface area contributed by atoms with Crippen LogP contribution in [-0.4, -0.2) is 40.2 Å². The Bertz CT molecular complexity index is 781. The molecule has 1 aromatic carbocycles. The van der Waals surface area contributed by atoms with E-state index in [1.807, 2.05) is 12.1 Å². The van der Waals surface area contributed by atoms with Gasteiger partial charge in [0.2, 0.25) is 5.16 Å². The average Bonchev–Trinajstić information content (AvgIpc) is 3.09. The molecule has 0 unspecified atom stereocenters. The molecule has 0 saturated carbocycles. The Balaban J connectivity index is 1.83. The molecule has 1 atom stereocenters. The Morgan fingerprint density at radius 2 is 2.00 bits per heavy atom. The summed E-state index contributed by atoms with van der Waals surface area (Å²) in [4.78, 5) is 0. The SMILES string of the molecule is C[S@](=O)c1nncn1Cc1cn(-c2ccc(Cl)cc2)nn1. The molecule has 108 valence electrons. The molecule has 0 bridgehead atoms. The van der Waals surface area contributed by atoms with Crippen LogP contribution in [0.1, 0.15) is 5.69 Å². The van der Waals surface area contributed by atoms with E-state index in [0.29, 0.717) is 16.7 Å².